The van der Waals surface area contributed by atoms with Crippen molar-refractivity contribution in [2.75, 3.05) is 20.0 Å². The molecule has 2 rings (SSSR count). The van der Waals surface area contributed by atoms with Gasteiger partial charge < -0.3 is 14.8 Å². The molecule has 0 aromatic heterocycles. The summed E-state index contributed by atoms with van der Waals surface area (Å²) in [5.41, 5.74) is 1.18. The molecule has 18 heavy (non-hydrogen) atoms. The fraction of sp³-hybridized carbons (Fsp3) is 0.571. The quantitative estimate of drug-likeness (QED) is 0.888. The van der Waals surface area contributed by atoms with Crippen molar-refractivity contribution in [3.63, 3.8) is 0 Å². The molecule has 0 aliphatic carbocycles. The van der Waals surface area contributed by atoms with Gasteiger partial charge in [-0.15, -0.1) is 0 Å². The third-order valence-corrected chi connectivity index (χ3v) is 4.75. The number of thioether (sulfide) groups is 1. The lowest BCUT2D eigenvalue weighted by molar-refractivity contribution is 0.388. The first kappa shape index (κ1) is 13.6. The van der Waals surface area contributed by atoms with E-state index in [0.717, 1.165) is 18.0 Å². The van der Waals surface area contributed by atoms with Crippen molar-refractivity contribution in [2.24, 2.45) is 0 Å². The van der Waals surface area contributed by atoms with Gasteiger partial charge in [0.25, 0.3) is 0 Å². The second-order valence-electron chi connectivity index (χ2n) is 4.53. The van der Waals surface area contributed by atoms with Crippen LogP contribution in [0.3, 0.4) is 0 Å². The van der Waals surface area contributed by atoms with Gasteiger partial charge in [0.05, 0.1) is 14.2 Å². The molecule has 1 N–H and O–H groups in total. The van der Waals surface area contributed by atoms with Gasteiger partial charge in [-0.25, -0.2) is 0 Å². The van der Waals surface area contributed by atoms with Crippen LogP contribution in [0.5, 0.6) is 11.5 Å². The molecule has 1 aliphatic rings. The summed E-state index contributed by atoms with van der Waals surface area (Å²) in [6.45, 7) is 3.14. The Morgan fingerprint density at radius 3 is 2.78 bits per heavy atom. The molecule has 2 unspecified atom stereocenters. The van der Waals surface area contributed by atoms with E-state index in [4.69, 9.17) is 9.47 Å². The van der Waals surface area contributed by atoms with Crippen LogP contribution in [0.1, 0.15) is 18.9 Å². The maximum atomic E-state index is 5.40. The molecule has 4 heteroatoms. The molecule has 1 fully saturated rings. The van der Waals surface area contributed by atoms with Crippen LogP contribution < -0.4 is 14.8 Å². The van der Waals surface area contributed by atoms with Gasteiger partial charge in [0.1, 0.15) is 11.5 Å². The maximum Gasteiger partial charge on any atom is 0.127 e. The van der Waals surface area contributed by atoms with Gasteiger partial charge in [-0.1, -0.05) is 13.0 Å². The lowest BCUT2D eigenvalue weighted by Gasteiger charge is -2.18. The topological polar surface area (TPSA) is 30.5 Å². The van der Waals surface area contributed by atoms with Gasteiger partial charge in [-0.3, -0.25) is 0 Å². The molecule has 0 spiro atoms. The lowest BCUT2D eigenvalue weighted by Crippen LogP contribution is -2.32. The molecule has 0 radical (unpaired) electrons. The fourth-order valence-corrected chi connectivity index (χ4v) is 3.47. The summed E-state index contributed by atoms with van der Waals surface area (Å²) in [6, 6.07) is 6.59. The van der Waals surface area contributed by atoms with Crippen LogP contribution in [-0.2, 0) is 6.54 Å². The molecule has 1 heterocycles. The number of rotatable bonds is 5. The van der Waals surface area contributed by atoms with Gasteiger partial charge in [0.2, 0.25) is 0 Å². The Labute approximate surface area is 113 Å². The van der Waals surface area contributed by atoms with Gasteiger partial charge in [-0.2, -0.15) is 11.8 Å². The number of ether oxygens (including phenoxy) is 2. The van der Waals surface area contributed by atoms with Crippen LogP contribution in [0.15, 0.2) is 18.2 Å². The standard InChI is InChI=1S/C14H21NO2S/c1-10-13(6-7-18-10)15-9-11-4-5-12(16-2)8-14(11)17-3/h4-5,8,10,13,15H,6-7,9H2,1-3H3. The van der Waals surface area contributed by atoms with Crippen LogP contribution in [0, 0.1) is 0 Å². The molecule has 0 bridgehead atoms. The molecule has 0 amide bonds. The molecular formula is C14H21NO2S. The van der Waals surface area contributed by atoms with Crippen molar-refractivity contribution < 1.29 is 9.47 Å². The molecular weight excluding hydrogens is 246 g/mol. The smallest absolute Gasteiger partial charge is 0.127 e. The van der Waals surface area contributed by atoms with E-state index in [1.807, 2.05) is 23.9 Å². The number of methoxy groups -OCH3 is 2. The van der Waals surface area contributed by atoms with Gasteiger partial charge >= 0.3 is 0 Å². The summed E-state index contributed by atoms with van der Waals surface area (Å²) in [6.07, 6.45) is 1.25. The maximum absolute atomic E-state index is 5.40. The van der Waals surface area contributed by atoms with Crippen molar-refractivity contribution in [2.45, 2.75) is 31.2 Å². The van der Waals surface area contributed by atoms with Crippen LogP contribution in [-0.4, -0.2) is 31.3 Å². The highest BCUT2D eigenvalue weighted by Crippen LogP contribution is 2.28. The van der Waals surface area contributed by atoms with Gasteiger partial charge in [0.15, 0.2) is 0 Å². The Hall–Kier alpha value is -0.870. The zero-order valence-electron chi connectivity index (χ0n) is 11.2. The third-order valence-electron chi connectivity index (χ3n) is 3.43. The monoisotopic (exact) mass is 267 g/mol. The van der Waals surface area contributed by atoms with Crippen LogP contribution in [0.4, 0.5) is 0 Å². The van der Waals surface area contributed by atoms with E-state index in [9.17, 15) is 0 Å². The molecule has 2 atom stereocenters. The highest BCUT2D eigenvalue weighted by molar-refractivity contribution is 8.00. The van der Waals surface area contributed by atoms with E-state index in [2.05, 4.69) is 18.3 Å². The van der Waals surface area contributed by atoms with E-state index in [1.165, 1.54) is 17.7 Å². The predicted octanol–water partition coefficient (Wildman–Crippen LogP) is 2.69. The summed E-state index contributed by atoms with van der Waals surface area (Å²) in [4.78, 5) is 0. The highest BCUT2D eigenvalue weighted by atomic mass is 32.2. The van der Waals surface area contributed by atoms with Gasteiger partial charge in [0, 0.05) is 29.5 Å². The van der Waals surface area contributed by atoms with E-state index in [1.54, 1.807) is 14.2 Å². The predicted molar refractivity (Wildman–Crippen MR) is 76.7 cm³/mol. The minimum absolute atomic E-state index is 0.613. The number of hydrogen-bond acceptors (Lipinski definition) is 4. The average molecular weight is 267 g/mol. The van der Waals surface area contributed by atoms with Crippen molar-refractivity contribution in [1.82, 2.24) is 5.32 Å². The lowest BCUT2D eigenvalue weighted by atomic mass is 10.1. The molecule has 1 aromatic rings. The summed E-state index contributed by atoms with van der Waals surface area (Å²) >= 11 is 2.04. The molecule has 1 aliphatic heterocycles. The Morgan fingerprint density at radius 1 is 1.33 bits per heavy atom. The fourth-order valence-electron chi connectivity index (χ4n) is 2.24. The molecule has 100 valence electrons. The zero-order valence-corrected chi connectivity index (χ0v) is 12.0. The van der Waals surface area contributed by atoms with Crippen LogP contribution >= 0.6 is 11.8 Å². The van der Waals surface area contributed by atoms with E-state index >= 15 is 0 Å². The summed E-state index contributed by atoms with van der Waals surface area (Å²) < 4.78 is 10.6. The third kappa shape index (κ3) is 3.12. The Balaban J connectivity index is 2.00. The average Bonchev–Trinajstić information content (AvgIpc) is 2.81. The first-order chi connectivity index (χ1) is 8.74. The highest BCUT2D eigenvalue weighted by Gasteiger charge is 2.23. The number of nitrogens with one attached hydrogen (secondary N) is 1. The minimum Gasteiger partial charge on any atom is -0.497 e. The van der Waals surface area contributed by atoms with Crippen molar-refractivity contribution in [1.29, 1.82) is 0 Å². The molecule has 1 saturated heterocycles. The first-order valence-electron chi connectivity index (χ1n) is 6.30. The number of hydrogen-bond donors (Lipinski definition) is 1. The van der Waals surface area contributed by atoms with Crippen molar-refractivity contribution >= 4 is 11.8 Å². The zero-order chi connectivity index (χ0) is 13.0. The Bertz CT molecular complexity index is 397. The molecule has 1 aromatic carbocycles. The van der Waals surface area contributed by atoms with Crippen molar-refractivity contribution in [3.05, 3.63) is 23.8 Å². The Morgan fingerprint density at radius 2 is 2.17 bits per heavy atom. The largest absolute Gasteiger partial charge is 0.497 e. The molecule has 0 saturated carbocycles. The van der Waals surface area contributed by atoms with E-state index < -0.39 is 0 Å². The summed E-state index contributed by atoms with van der Waals surface area (Å²) in [5.74, 6) is 2.99. The number of benzene rings is 1. The second-order valence-corrected chi connectivity index (χ2v) is 6.01. The van der Waals surface area contributed by atoms with Crippen LogP contribution in [0.25, 0.3) is 0 Å². The van der Waals surface area contributed by atoms with Crippen molar-refractivity contribution in [3.8, 4) is 11.5 Å². The summed E-state index contributed by atoms with van der Waals surface area (Å²) in [7, 11) is 3.37. The first-order valence-corrected chi connectivity index (χ1v) is 7.35. The normalized spacial score (nSPS) is 23.1. The SMILES string of the molecule is COc1ccc(CNC2CCSC2C)c(OC)c1. The van der Waals surface area contributed by atoms with E-state index in [0.29, 0.717) is 11.3 Å². The minimum atomic E-state index is 0.613. The van der Waals surface area contributed by atoms with Gasteiger partial charge in [-0.05, 0) is 18.2 Å². The second kappa shape index (κ2) is 6.34. The van der Waals surface area contributed by atoms with E-state index in [-0.39, 0.29) is 0 Å². The molecule has 3 nitrogen and oxygen atoms in total. The van der Waals surface area contributed by atoms with Crippen LogP contribution in [0.2, 0.25) is 0 Å². The summed E-state index contributed by atoms with van der Waals surface area (Å²) in [5, 5.41) is 4.32. The Kier molecular flexibility index (Phi) is 4.78.